The number of aromatic carboxylic acids is 1. The minimum absolute atomic E-state index is 0.130. The van der Waals surface area contributed by atoms with Gasteiger partial charge in [-0.25, -0.2) is 4.79 Å². The highest BCUT2D eigenvalue weighted by molar-refractivity contribution is 6.05. The van der Waals surface area contributed by atoms with Gasteiger partial charge in [-0.2, -0.15) is 0 Å². The molecule has 1 aliphatic rings. The number of nitrogens with zero attached hydrogens (tertiary/aromatic N) is 1. The first-order chi connectivity index (χ1) is 11.6. The summed E-state index contributed by atoms with van der Waals surface area (Å²) in [4.78, 5) is 25.0. The fourth-order valence-corrected chi connectivity index (χ4v) is 2.87. The van der Waals surface area contributed by atoms with E-state index in [4.69, 9.17) is 14.6 Å². The van der Waals surface area contributed by atoms with E-state index < -0.39 is 12.1 Å². The van der Waals surface area contributed by atoms with E-state index in [1.807, 2.05) is 0 Å². The van der Waals surface area contributed by atoms with Crippen LogP contribution in [0, 0.1) is 0 Å². The van der Waals surface area contributed by atoms with Crippen LogP contribution in [0.4, 0.5) is 5.69 Å². The van der Waals surface area contributed by atoms with E-state index in [0.717, 1.165) is 11.3 Å². The second-order valence-electron chi connectivity index (χ2n) is 5.43. The van der Waals surface area contributed by atoms with E-state index in [2.05, 4.69) is 0 Å². The molecular formula is C18H17NO5. The number of anilines is 1. The van der Waals surface area contributed by atoms with Crippen molar-refractivity contribution in [3.8, 4) is 5.75 Å². The first kappa shape index (κ1) is 16.0. The normalized spacial score (nSPS) is 19.8. The fraction of sp³-hybridized carbons (Fsp3) is 0.222. The lowest BCUT2D eigenvalue weighted by Gasteiger charge is -2.46. The van der Waals surface area contributed by atoms with Crippen molar-refractivity contribution in [2.75, 3.05) is 19.1 Å². The Bertz CT molecular complexity index is 754. The summed E-state index contributed by atoms with van der Waals surface area (Å²) < 4.78 is 10.4. The maximum absolute atomic E-state index is 12.4. The molecule has 3 rings (SSSR count). The lowest BCUT2D eigenvalue weighted by Crippen LogP contribution is -2.60. The lowest BCUT2D eigenvalue weighted by molar-refractivity contribution is -0.139. The predicted molar refractivity (Wildman–Crippen MR) is 87.4 cm³/mol. The molecule has 2 unspecified atom stereocenters. The molecule has 0 aromatic heterocycles. The smallest absolute Gasteiger partial charge is 0.335 e. The van der Waals surface area contributed by atoms with Gasteiger partial charge in [-0.3, -0.25) is 9.69 Å². The van der Waals surface area contributed by atoms with Crippen molar-refractivity contribution in [2.24, 2.45) is 0 Å². The number of carbonyl (C=O) groups is 2. The third-order valence-electron chi connectivity index (χ3n) is 4.15. The summed E-state index contributed by atoms with van der Waals surface area (Å²) >= 11 is 0. The monoisotopic (exact) mass is 327 g/mol. The first-order valence-electron chi connectivity index (χ1n) is 7.40. The van der Waals surface area contributed by atoms with Crippen molar-refractivity contribution in [1.82, 2.24) is 0 Å². The molecule has 1 amide bonds. The van der Waals surface area contributed by atoms with Crippen molar-refractivity contribution in [2.45, 2.75) is 12.1 Å². The van der Waals surface area contributed by atoms with Crippen LogP contribution in [-0.2, 0) is 9.53 Å². The SMILES string of the molecule is COc1ccc(N2C(=O)C(OC)C2c2ccc(C(=O)O)cc2)cc1. The topological polar surface area (TPSA) is 76.1 Å². The van der Waals surface area contributed by atoms with Crippen molar-refractivity contribution in [3.63, 3.8) is 0 Å². The number of carboxylic acid groups (broad SMARTS) is 1. The fourth-order valence-electron chi connectivity index (χ4n) is 2.87. The minimum atomic E-state index is -0.985. The van der Waals surface area contributed by atoms with Crippen molar-refractivity contribution < 1.29 is 24.2 Å². The Kier molecular flexibility index (Phi) is 4.22. The van der Waals surface area contributed by atoms with Gasteiger partial charge in [0, 0.05) is 12.8 Å². The summed E-state index contributed by atoms with van der Waals surface area (Å²) in [6, 6.07) is 13.4. The number of amides is 1. The van der Waals surface area contributed by atoms with Crippen LogP contribution >= 0.6 is 0 Å². The minimum Gasteiger partial charge on any atom is -0.497 e. The molecule has 0 saturated carbocycles. The third kappa shape index (κ3) is 2.61. The molecule has 2 atom stereocenters. The van der Waals surface area contributed by atoms with Crippen LogP contribution in [0.25, 0.3) is 0 Å². The van der Waals surface area contributed by atoms with Crippen LogP contribution in [0.3, 0.4) is 0 Å². The molecule has 1 N–H and O–H groups in total. The zero-order valence-corrected chi connectivity index (χ0v) is 13.3. The van der Waals surface area contributed by atoms with Gasteiger partial charge >= 0.3 is 5.97 Å². The van der Waals surface area contributed by atoms with Crippen LogP contribution in [0.1, 0.15) is 22.0 Å². The third-order valence-corrected chi connectivity index (χ3v) is 4.15. The Morgan fingerprint density at radius 2 is 1.67 bits per heavy atom. The van der Waals surface area contributed by atoms with Gasteiger partial charge in [-0.15, -0.1) is 0 Å². The maximum Gasteiger partial charge on any atom is 0.335 e. The van der Waals surface area contributed by atoms with E-state index in [9.17, 15) is 9.59 Å². The Morgan fingerprint density at radius 1 is 1.04 bits per heavy atom. The Morgan fingerprint density at radius 3 is 2.17 bits per heavy atom. The molecule has 0 spiro atoms. The predicted octanol–water partition coefficient (Wildman–Crippen LogP) is 2.50. The van der Waals surface area contributed by atoms with Crippen molar-refractivity contribution >= 4 is 17.6 Å². The number of carbonyl (C=O) groups excluding carboxylic acids is 1. The highest BCUT2D eigenvalue weighted by atomic mass is 16.5. The highest BCUT2D eigenvalue weighted by Crippen LogP contribution is 2.41. The highest BCUT2D eigenvalue weighted by Gasteiger charge is 2.49. The molecule has 6 nitrogen and oxygen atoms in total. The Balaban J connectivity index is 1.92. The molecule has 1 fully saturated rings. The molecule has 1 saturated heterocycles. The van der Waals surface area contributed by atoms with Gasteiger partial charge in [0.1, 0.15) is 5.75 Å². The van der Waals surface area contributed by atoms with Crippen molar-refractivity contribution in [1.29, 1.82) is 0 Å². The average Bonchev–Trinajstić information content (AvgIpc) is 2.60. The summed E-state index contributed by atoms with van der Waals surface area (Å²) in [5.74, 6) is -0.408. The molecule has 1 heterocycles. The number of methoxy groups -OCH3 is 2. The number of carboxylic acids is 1. The second kappa shape index (κ2) is 6.33. The van der Waals surface area contributed by atoms with Crippen LogP contribution in [-0.4, -0.2) is 37.3 Å². The molecule has 2 aromatic rings. The van der Waals surface area contributed by atoms with E-state index >= 15 is 0 Å². The summed E-state index contributed by atoms with van der Waals surface area (Å²) in [5.41, 5.74) is 1.76. The standard InChI is InChI=1S/C18H17NO5/c1-23-14-9-7-13(8-10-14)19-15(16(24-2)17(19)20)11-3-5-12(6-4-11)18(21)22/h3-10,15-16H,1-2H3,(H,21,22). The van der Waals surface area contributed by atoms with Gasteiger partial charge in [0.05, 0.1) is 18.7 Å². The van der Waals surface area contributed by atoms with Gasteiger partial charge in [-0.05, 0) is 42.0 Å². The first-order valence-corrected chi connectivity index (χ1v) is 7.40. The van der Waals surface area contributed by atoms with Crippen LogP contribution in [0.2, 0.25) is 0 Å². The number of ether oxygens (including phenoxy) is 2. The number of β-lactam (4-membered cyclic amide) rings is 1. The molecule has 0 radical (unpaired) electrons. The number of rotatable bonds is 5. The van der Waals surface area contributed by atoms with Gasteiger partial charge in [-0.1, -0.05) is 12.1 Å². The van der Waals surface area contributed by atoms with Crippen LogP contribution < -0.4 is 9.64 Å². The molecule has 2 aromatic carbocycles. The summed E-state index contributed by atoms with van der Waals surface area (Å²) in [6.07, 6.45) is -0.581. The van der Waals surface area contributed by atoms with E-state index in [0.29, 0.717) is 5.75 Å². The van der Waals surface area contributed by atoms with Gasteiger partial charge in [0.25, 0.3) is 5.91 Å². The van der Waals surface area contributed by atoms with E-state index in [1.165, 1.54) is 19.2 Å². The largest absolute Gasteiger partial charge is 0.497 e. The molecule has 0 aliphatic carbocycles. The van der Waals surface area contributed by atoms with Crippen molar-refractivity contribution in [3.05, 3.63) is 59.7 Å². The number of benzene rings is 2. The van der Waals surface area contributed by atoms with E-state index in [1.54, 1.807) is 48.4 Å². The zero-order valence-electron chi connectivity index (χ0n) is 13.3. The quantitative estimate of drug-likeness (QED) is 0.854. The summed E-state index contributed by atoms with van der Waals surface area (Å²) in [7, 11) is 3.07. The second-order valence-corrected chi connectivity index (χ2v) is 5.43. The number of hydrogen-bond donors (Lipinski definition) is 1. The molecule has 24 heavy (non-hydrogen) atoms. The Hall–Kier alpha value is -2.86. The van der Waals surface area contributed by atoms with Gasteiger partial charge in [0.2, 0.25) is 0 Å². The van der Waals surface area contributed by atoms with E-state index in [-0.39, 0.29) is 17.5 Å². The molecule has 0 bridgehead atoms. The van der Waals surface area contributed by atoms with Crippen LogP contribution in [0.5, 0.6) is 5.75 Å². The zero-order chi connectivity index (χ0) is 17.3. The Labute approximate surface area is 139 Å². The summed E-state index contributed by atoms with van der Waals surface area (Å²) in [6.45, 7) is 0. The lowest BCUT2D eigenvalue weighted by atomic mass is 9.89. The maximum atomic E-state index is 12.4. The summed E-state index contributed by atoms with van der Waals surface area (Å²) in [5, 5.41) is 9.00. The van der Waals surface area contributed by atoms with Gasteiger partial charge < -0.3 is 14.6 Å². The molecule has 124 valence electrons. The van der Waals surface area contributed by atoms with Crippen LogP contribution in [0.15, 0.2) is 48.5 Å². The molecule has 1 aliphatic heterocycles. The molecular weight excluding hydrogens is 310 g/mol. The average molecular weight is 327 g/mol. The van der Waals surface area contributed by atoms with Gasteiger partial charge in [0.15, 0.2) is 6.10 Å². The number of hydrogen-bond acceptors (Lipinski definition) is 4. The molecule has 6 heteroatoms.